The first-order valence-electron chi connectivity index (χ1n) is 5.05. The van der Waals surface area contributed by atoms with Gasteiger partial charge in [0.25, 0.3) is 0 Å². The Morgan fingerprint density at radius 3 is 1.43 bits per heavy atom. The van der Waals surface area contributed by atoms with E-state index in [-0.39, 0.29) is 0 Å². The lowest BCUT2D eigenvalue weighted by Crippen LogP contribution is -2.46. The molecule has 0 unspecified atom stereocenters. The van der Waals surface area contributed by atoms with Crippen molar-refractivity contribution in [2.75, 3.05) is 39.3 Å². The smallest absolute Gasteiger partial charge is 0.0181 e. The molecule has 1 saturated heterocycles. The van der Waals surface area contributed by atoms with Gasteiger partial charge in [0, 0.05) is 39.3 Å². The van der Waals surface area contributed by atoms with Gasteiger partial charge in [-0.15, -0.1) is 0 Å². The maximum Gasteiger partial charge on any atom is 0.0181 e. The minimum atomic E-state index is 0.969. The van der Waals surface area contributed by atoms with Crippen molar-refractivity contribution in [1.82, 2.24) is 9.80 Å². The van der Waals surface area contributed by atoms with Gasteiger partial charge in [0.05, 0.1) is 0 Å². The number of nitrogens with two attached hydrogens (primary N) is 2. The van der Waals surface area contributed by atoms with Gasteiger partial charge in [-0.05, 0) is 12.4 Å². The van der Waals surface area contributed by atoms with Gasteiger partial charge in [-0.2, -0.15) is 0 Å². The van der Waals surface area contributed by atoms with E-state index in [1.165, 1.54) is 0 Å². The van der Waals surface area contributed by atoms with Crippen LogP contribution in [0.4, 0.5) is 0 Å². The van der Waals surface area contributed by atoms with Gasteiger partial charge < -0.3 is 11.5 Å². The van der Waals surface area contributed by atoms with Gasteiger partial charge in [0.15, 0.2) is 0 Å². The van der Waals surface area contributed by atoms with E-state index in [0.29, 0.717) is 0 Å². The summed E-state index contributed by atoms with van der Waals surface area (Å²) < 4.78 is 0. The second-order valence-electron chi connectivity index (χ2n) is 3.46. The predicted octanol–water partition coefficient (Wildman–Crippen LogP) is -0.451. The minimum absolute atomic E-state index is 0.969. The Morgan fingerprint density at radius 1 is 0.786 bits per heavy atom. The molecular formula is C10H20N4. The maximum absolute atomic E-state index is 5.30. The highest BCUT2D eigenvalue weighted by Gasteiger charge is 2.13. The van der Waals surface area contributed by atoms with Crippen LogP contribution in [0.3, 0.4) is 0 Å². The van der Waals surface area contributed by atoms with Crippen LogP contribution in [0, 0.1) is 0 Å². The molecule has 14 heavy (non-hydrogen) atoms. The third kappa shape index (κ3) is 3.81. The second-order valence-corrected chi connectivity index (χ2v) is 3.46. The third-order valence-electron chi connectivity index (χ3n) is 2.46. The molecule has 1 aliphatic rings. The van der Waals surface area contributed by atoms with Gasteiger partial charge in [-0.3, -0.25) is 9.80 Å². The Balaban J connectivity index is 2.17. The fourth-order valence-electron chi connectivity index (χ4n) is 1.57. The molecule has 0 aromatic heterocycles. The molecule has 0 aliphatic carbocycles. The van der Waals surface area contributed by atoms with Crippen LogP contribution in [-0.4, -0.2) is 49.1 Å². The van der Waals surface area contributed by atoms with Gasteiger partial charge in [0.1, 0.15) is 0 Å². The highest BCUT2D eigenvalue weighted by atomic mass is 15.3. The zero-order valence-corrected chi connectivity index (χ0v) is 8.60. The first-order valence-corrected chi connectivity index (χ1v) is 5.05. The fraction of sp³-hybridized carbons (Fsp3) is 0.600. The molecule has 1 heterocycles. The first-order chi connectivity index (χ1) is 6.86. The summed E-state index contributed by atoms with van der Waals surface area (Å²) in [6.07, 6.45) is 7.22. The number of hydrogen-bond acceptors (Lipinski definition) is 4. The molecule has 1 rings (SSSR count). The van der Waals surface area contributed by atoms with Gasteiger partial charge in [-0.1, -0.05) is 12.2 Å². The van der Waals surface area contributed by atoms with Crippen LogP contribution < -0.4 is 11.5 Å². The molecule has 80 valence electrons. The van der Waals surface area contributed by atoms with E-state index in [0.717, 1.165) is 39.3 Å². The summed E-state index contributed by atoms with van der Waals surface area (Å²) in [5.74, 6) is 0. The van der Waals surface area contributed by atoms with E-state index < -0.39 is 0 Å². The van der Waals surface area contributed by atoms with Crippen molar-refractivity contribution in [3.8, 4) is 0 Å². The van der Waals surface area contributed by atoms with Crippen LogP contribution in [0.1, 0.15) is 0 Å². The molecule has 4 heteroatoms. The monoisotopic (exact) mass is 196 g/mol. The second kappa shape index (κ2) is 6.45. The lowest BCUT2D eigenvalue weighted by molar-refractivity contribution is 0.153. The van der Waals surface area contributed by atoms with Crippen LogP contribution in [0.25, 0.3) is 0 Å². The Hall–Kier alpha value is -1.00. The molecule has 1 fully saturated rings. The lowest BCUT2D eigenvalue weighted by atomic mass is 10.3. The molecule has 0 bridgehead atoms. The van der Waals surface area contributed by atoms with Crippen LogP contribution in [0.15, 0.2) is 24.6 Å². The molecule has 4 nitrogen and oxygen atoms in total. The topological polar surface area (TPSA) is 58.5 Å². The van der Waals surface area contributed by atoms with Crippen molar-refractivity contribution in [2.45, 2.75) is 0 Å². The molecule has 0 radical (unpaired) electrons. The standard InChI is InChI=1S/C10H20N4/c11-3-1-5-13-7-9-14(10-8-13)6-2-4-12/h1-4H,5-12H2/b3-1+,4-2+. The third-order valence-corrected chi connectivity index (χ3v) is 2.46. The highest BCUT2D eigenvalue weighted by molar-refractivity contribution is 4.86. The fourth-order valence-corrected chi connectivity index (χ4v) is 1.57. The van der Waals surface area contributed by atoms with E-state index in [4.69, 9.17) is 11.5 Å². The molecule has 1 aliphatic heterocycles. The molecule has 0 amide bonds. The van der Waals surface area contributed by atoms with Crippen LogP contribution in [-0.2, 0) is 0 Å². The largest absolute Gasteiger partial charge is 0.405 e. The Kier molecular flexibility index (Phi) is 5.11. The average molecular weight is 196 g/mol. The van der Waals surface area contributed by atoms with Crippen molar-refractivity contribution in [2.24, 2.45) is 11.5 Å². The predicted molar refractivity (Wildman–Crippen MR) is 59.5 cm³/mol. The summed E-state index contributed by atoms with van der Waals surface area (Å²) in [5.41, 5.74) is 10.6. The van der Waals surface area contributed by atoms with E-state index in [2.05, 4.69) is 9.80 Å². The Morgan fingerprint density at radius 2 is 1.14 bits per heavy atom. The summed E-state index contributed by atoms with van der Waals surface area (Å²) in [7, 11) is 0. The summed E-state index contributed by atoms with van der Waals surface area (Å²) in [4.78, 5) is 4.79. The van der Waals surface area contributed by atoms with E-state index in [9.17, 15) is 0 Å². The van der Waals surface area contributed by atoms with Crippen molar-refractivity contribution in [3.63, 3.8) is 0 Å². The average Bonchev–Trinajstić information content (AvgIpc) is 2.25. The van der Waals surface area contributed by atoms with E-state index in [1.54, 1.807) is 12.4 Å². The summed E-state index contributed by atoms with van der Waals surface area (Å²) in [5, 5.41) is 0. The van der Waals surface area contributed by atoms with Gasteiger partial charge in [0.2, 0.25) is 0 Å². The van der Waals surface area contributed by atoms with Crippen molar-refractivity contribution >= 4 is 0 Å². The van der Waals surface area contributed by atoms with E-state index >= 15 is 0 Å². The Labute approximate surface area is 85.8 Å². The summed E-state index contributed by atoms with van der Waals surface area (Å²) in [6.45, 7) is 6.39. The SMILES string of the molecule is N/C=C/CN1CCN(C/C=C/N)CC1. The maximum atomic E-state index is 5.30. The molecular weight excluding hydrogens is 176 g/mol. The number of nitrogens with zero attached hydrogens (tertiary/aromatic N) is 2. The van der Waals surface area contributed by atoms with Gasteiger partial charge >= 0.3 is 0 Å². The van der Waals surface area contributed by atoms with Crippen LogP contribution >= 0.6 is 0 Å². The minimum Gasteiger partial charge on any atom is -0.405 e. The first kappa shape index (κ1) is 11.1. The zero-order chi connectivity index (χ0) is 10.2. The molecule has 4 N–H and O–H groups in total. The molecule has 0 spiro atoms. The highest BCUT2D eigenvalue weighted by Crippen LogP contribution is 2.00. The molecule has 0 aromatic carbocycles. The van der Waals surface area contributed by atoms with Crippen molar-refractivity contribution < 1.29 is 0 Å². The quantitative estimate of drug-likeness (QED) is 0.639. The van der Waals surface area contributed by atoms with Crippen molar-refractivity contribution in [3.05, 3.63) is 24.6 Å². The van der Waals surface area contributed by atoms with Crippen LogP contribution in [0.5, 0.6) is 0 Å². The zero-order valence-electron chi connectivity index (χ0n) is 8.60. The van der Waals surface area contributed by atoms with Gasteiger partial charge in [-0.25, -0.2) is 0 Å². The number of piperazine rings is 1. The molecule has 0 aromatic rings. The summed E-state index contributed by atoms with van der Waals surface area (Å²) >= 11 is 0. The normalized spacial score (nSPS) is 21.1. The summed E-state index contributed by atoms with van der Waals surface area (Å²) in [6, 6.07) is 0. The molecule has 0 saturated carbocycles. The molecule has 0 atom stereocenters. The number of hydrogen-bond donors (Lipinski definition) is 2. The van der Waals surface area contributed by atoms with E-state index in [1.807, 2.05) is 12.2 Å². The Bertz CT molecular complexity index is 170. The van der Waals surface area contributed by atoms with Crippen molar-refractivity contribution in [1.29, 1.82) is 0 Å². The van der Waals surface area contributed by atoms with Crippen LogP contribution in [0.2, 0.25) is 0 Å². The number of rotatable bonds is 4. The lowest BCUT2D eigenvalue weighted by Gasteiger charge is -2.33.